The van der Waals surface area contributed by atoms with Gasteiger partial charge in [0.15, 0.2) is 5.11 Å². The van der Waals surface area contributed by atoms with E-state index < -0.39 is 0 Å². The number of halogens is 2. The van der Waals surface area contributed by atoms with E-state index in [-0.39, 0.29) is 29.4 Å². The van der Waals surface area contributed by atoms with Crippen molar-refractivity contribution in [2.24, 2.45) is 0 Å². The van der Waals surface area contributed by atoms with Gasteiger partial charge in [0.05, 0.1) is 11.6 Å². The van der Waals surface area contributed by atoms with Crippen LogP contribution >= 0.6 is 35.4 Å². The van der Waals surface area contributed by atoms with E-state index in [4.69, 9.17) is 40.2 Å². The molecule has 0 spiro atoms. The van der Waals surface area contributed by atoms with Crippen molar-refractivity contribution >= 4 is 58.0 Å². The van der Waals surface area contributed by atoms with Crippen molar-refractivity contribution in [2.45, 2.75) is 32.7 Å². The van der Waals surface area contributed by atoms with Crippen molar-refractivity contribution in [3.8, 4) is 5.75 Å². The van der Waals surface area contributed by atoms with E-state index in [1.54, 1.807) is 42.5 Å². The highest BCUT2D eigenvalue weighted by Gasteiger charge is 2.10. The lowest BCUT2D eigenvalue weighted by atomic mass is 10.2. The maximum Gasteiger partial charge on any atom is 0.251 e. The highest BCUT2D eigenvalue weighted by Crippen LogP contribution is 2.27. The first-order chi connectivity index (χ1) is 14.2. The van der Waals surface area contributed by atoms with Gasteiger partial charge in [-0.3, -0.25) is 9.59 Å². The SMILES string of the molecule is CC(C)NC(=O)c1cccc(NC(=S)NC(=O)CCCOc2ccc(Cl)cc2Cl)c1. The highest BCUT2D eigenvalue weighted by atomic mass is 35.5. The summed E-state index contributed by atoms with van der Waals surface area (Å²) in [5.74, 6) is 0.0939. The molecule has 0 radical (unpaired) electrons. The molecule has 2 rings (SSSR count). The van der Waals surface area contributed by atoms with Crippen LogP contribution in [0.25, 0.3) is 0 Å². The molecule has 0 heterocycles. The van der Waals surface area contributed by atoms with Gasteiger partial charge >= 0.3 is 0 Å². The Morgan fingerprint density at radius 1 is 1.13 bits per heavy atom. The molecule has 9 heteroatoms. The lowest BCUT2D eigenvalue weighted by Gasteiger charge is -2.12. The minimum atomic E-state index is -0.244. The summed E-state index contributed by atoms with van der Waals surface area (Å²) in [7, 11) is 0. The van der Waals surface area contributed by atoms with E-state index in [1.165, 1.54) is 0 Å². The van der Waals surface area contributed by atoms with Crippen LogP contribution in [-0.2, 0) is 4.79 Å². The number of thiocarbonyl (C=S) groups is 1. The minimum absolute atomic E-state index is 0.0363. The zero-order valence-electron chi connectivity index (χ0n) is 16.6. The first-order valence-corrected chi connectivity index (χ1v) is 10.5. The van der Waals surface area contributed by atoms with E-state index >= 15 is 0 Å². The summed E-state index contributed by atoms with van der Waals surface area (Å²) in [5, 5.41) is 9.44. The number of hydrogen-bond acceptors (Lipinski definition) is 4. The third kappa shape index (κ3) is 8.18. The number of ether oxygens (including phenoxy) is 1. The summed E-state index contributed by atoms with van der Waals surface area (Å²) in [5.41, 5.74) is 1.11. The van der Waals surface area contributed by atoms with Crippen LogP contribution in [0.1, 0.15) is 37.0 Å². The maximum atomic E-state index is 12.1. The summed E-state index contributed by atoms with van der Waals surface area (Å²) >= 11 is 17.0. The summed E-state index contributed by atoms with van der Waals surface area (Å²) in [6.07, 6.45) is 0.710. The molecule has 0 atom stereocenters. The predicted octanol–water partition coefficient (Wildman–Crippen LogP) is 4.80. The fraction of sp³-hybridized carbons (Fsp3) is 0.286. The predicted molar refractivity (Wildman–Crippen MR) is 125 cm³/mol. The van der Waals surface area contributed by atoms with Crippen LogP contribution < -0.4 is 20.7 Å². The van der Waals surface area contributed by atoms with E-state index in [1.807, 2.05) is 13.8 Å². The number of rotatable bonds is 8. The third-order valence-electron chi connectivity index (χ3n) is 3.76. The Labute approximate surface area is 191 Å². The van der Waals surface area contributed by atoms with Crippen LogP contribution in [0.3, 0.4) is 0 Å². The quantitative estimate of drug-likeness (QED) is 0.383. The molecule has 6 nitrogen and oxygen atoms in total. The number of carbonyl (C=O) groups excluding carboxylic acids is 2. The Hall–Kier alpha value is -2.35. The number of amides is 2. The lowest BCUT2D eigenvalue weighted by Crippen LogP contribution is -2.34. The molecular formula is C21H23Cl2N3O3S. The molecule has 0 aromatic heterocycles. The van der Waals surface area contributed by atoms with Crippen molar-refractivity contribution in [3.05, 3.63) is 58.1 Å². The van der Waals surface area contributed by atoms with Crippen LogP contribution in [0.4, 0.5) is 5.69 Å². The van der Waals surface area contributed by atoms with Gasteiger partial charge in [-0.05, 0) is 68.9 Å². The second-order valence-corrected chi connectivity index (χ2v) is 7.99. The van der Waals surface area contributed by atoms with E-state index in [0.717, 1.165) is 0 Å². The van der Waals surface area contributed by atoms with Gasteiger partial charge in [-0.25, -0.2) is 0 Å². The Balaban J connectivity index is 1.75. The minimum Gasteiger partial charge on any atom is -0.492 e. The molecule has 2 aromatic carbocycles. The van der Waals surface area contributed by atoms with Gasteiger partial charge in [0.25, 0.3) is 5.91 Å². The molecule has 0 aliphatic heterocycles. The van der Waals surface area contributed by atoms with Gasteiger partial charge in [-0.2, -0.15) is 0 Å². The smallest absolute Gasteiger partial charge is 0.251 e. The molecular weight excluding hydrogens is 445 g/mol. The van der Waals surface area contributed by atoms with Gasteiger partial charge < -0.3 is 20.7 Å². The molecule has 2 amide bonds. The van der Waals surface area contributed by atoms with Crippen molar-refractivity contribution < 1.29 is 14.3 Å². The van der Waals surface area contributed by atoms with Crippen LogP contribution in [-0.4, -0.2) is 29.6 Å². The average molecular weight is 468 g/mol. The number of nitrogens with one attached hydrogen (secondary N) is 3. The van der Waals surface area contributed by atoms with Gasteiger partial charge in [0.2, 0.25) is 5.91 Å². The monoisotopic (exact) mass is 467 g/mol. The second-order valence-electron chi connectivity index (χ2n) is 6.74. The summed E-state index contributed by atoms with van der Waals surface area (Å²) in [6, 6.07) is 11.9. The first kappa shape index (κ1) is 23.9. The molecule has 30 heavy (non-hydrogen) atoms. The van der Waals surface area contributed by atoms with Gasteiger partial charge in [0.1, 0.15) is 5.75 Å². The lowest BCUT2D eigenvalue weighted by molar-refractivity contribution is -0.119. The number of hydrogen-bond donors (Lipinski definition) is 3. The molecule has 0 unspecified atom stereocenters. The van der Waals surface area contributed by atoms with E-state index in [9.17, 15) is 9.59 Å². The molecule has 0 bridgehead atoms. The van der Waals surface area contributed by atoms with Gasteiger partial charge in [-0.1, -0.05) is 29.3 Å². The van der Waals surface area contributed by atoms with Crippen molar-refractivity contribution in [1.82, 2.24) is 10.6 Å². The van der Waals surface area contributed by atoms with Crippen molar-refractivity contribution in [2.75, 3.05) is 11.9 Å². The van der Waals surface area contributed by atoms with Crippen molar-refractivity contribution in [1.29, 1.82) is 0 Å². The molecule has 0 fully saturated rings. The van der Waals surface area contributed by atoms with Gasteiger partial charge in [0, 0.05) is 28.7 Å². The van der Waals surface area contributed by atoms with E-state index in [0.29, 0.717) is 40.1 Å². The summed E-state index contributed by atoms with van der Waals surface area (Å²) in [4.78, 5) is 24.2. The van der Waals surface area contributed by atoms with Gasteiger partial charge in [-0.15, -0.1) is 0 Å². The standard InChI is InChI=1S/C21H23Cl2N3O3S/c1-13(2)24-20(28)14-5-3-6-16(11-14)25-21(30)26-19(27)7-4-10-29-18-9-8-15(22)12-17(18)23/h3,5-6,8-9,11-13H,4,7,10H2,1-2H3,(H,24,28)(H2,25,26,27,30). The summed E-state index contributed by atoms with van der Waals surface area (Å²) < 4.78 is 5.55. The number of carbonyl (C=O) groups is 2. The fourth-order valence-electron chi connectivity index (χ4n) is 2.44. The second kappa shape index (κ2) is 11.7. The van der Waals surface area contributed by atoms with Crippen LogP contribution in [0.2, 0.25) is 10.0 Å². The normalized spacial score (nSPS) is 10.4. The molecule has 0 saturated heterocycles. The Morgan fingerprint density at radius 2 is 1.90 bits per heavy atom. The zero-order chi connectivity index (χ0) is 22.1. The average Bonchev–Trinajstić information content (AvgIpc) is 2.66. The number of benzene rings is 2. The molecule has 2 aromatic rings. The molecule has 0 aliphatic rings. The molecule has 160 valence electrons. The first-order valence-electron chi connectivity index (χ1n) is 9.34. The fourth-order valence-corrected chi connectivity index (χ4v) is 3.14. The van der Waals surface area contributed by atoms with Crippen molar-refractivity contribution in [3.63, 3.8) is 0 Å². The summed E-state index contributed by atoms with van der Waals surface area (Å²) in [6.45, 7) is 4.10. The molecule has 0 aliphatic carbocycles. The Bertz CT molecular complexity index is 922. The Morgan fingerprint density at radius 3 is 2.60 bits per heavy atom. The highest BCUT2D eigenvalue weighted by molar-refractivity contribution is 7.80. The van der Waals surface area contributed by atoms with E-state index in [2.05, 4.69) is 16.0 Å². The maximum absolute atomic E-state index is 12.1. The van der Waals surface area contributed by atoms with Crippen LogP contribution in [0.15, 0.2) is 42.5 Å². The zero-order valence-corrected chi connectivity index (χ0v) is 19.0. The number of anilines is 1. The third-order valence-corrected chi connectivity index (χ3v) is 4.49. The molecule has 0 saturated carbocycles. The largest absolute Gasteiger partial charge is 0.492 e. The van der Waals surface area contributed by atoms with Crippen LogP contribution in [0, 0.1) is 0 Å². The Kier molecular flexibility index (Phi) is 9.36. The van der Waals surface area contributed by atoms with Crippen LogP contribution in [0.5, 0.6) is 5.75 Å². The topological polar surface area (TPSA) is 79.5 Å². The molecule has 3 N–H and O–H groups in total.